The maximum absolute atomic E-state index is 10.7. The Labute approximate surface area is 134 Å². The summed E-state index contributed by atoms with van der Waals surface area (Å²) in [6.45, 7) is 4.86. The summed E-state index contributed by atoms with van der Waals surface area (Å²) in [6.07, 6.45) is 5.41. The number of carboxylic acids is 1. The summed E-state index contributed by atoms with van der Waals surface area (Å²) in [5, 5.41) is 11.6. The largest absolute Gasteiger partial charge is 0.481 e. The Bertz CT molecular complexity index is 716. The number of aryl methyl sites for hydroxylation is 2. The van der Waals surface area contributed by atoms with Crippen molar-refractivity contribution in [2.75, 3.05) is 18.0 Å². The van der Waals surface area contributed by atoms with Gasteiger partial charge in [0.2, 0.25) is 0 Å². The van der Waals surface area contributed by atoms with Crippen molar-refractivity contribution >= 4 is 22.4 Å². The Balaban J connectivity index is 2.22. The van der Waals surface area contributed by atoms with Crippen LogP contribution in [0.1, 0.15) is 17.5 Å². The van der Waals surface area contributed by atoms with Crippen LogP contribution in [0.5, 0.6) is 0 Å². The van der Waals surface area contributed by atoms with Gasteiger partial charge >= 0.3 is 5.97 Å². The van der Waals surface area contributed by atoms with E-state index in [4.69, 9.17) is 11.5 Å². The standard InChI is InChI=1S/C17H18N2O2S/c1-4-8-19(9-7-16(20)21)17-18-15(11-22-17)14-6-5-12(2)13(3)10-14/h1,5-6,10-11H,7-9H2,2-3H3,(H,20,21). The molecule has 0 aliphatic heterocycles. The van der Waals surface area contributed by atoms with Crippen LogP contribution < -0.4 is 4.90 Å². The van der Waals surface area contributed by atoms with Crippen molar-refractivity contribution in [2.24, 2.45) is 0 Å². The second kappa shape index (κ2) is 7.10. The molecule has 114 valence electrons. The summed E-state index contributed by atoms with van der Waals surface area (Å²) < 4.78 is 0. The van der Waals surface area contributed by atoms with Crippen molar-refractivity contribution in [1.82, 2.24) is 4.98 Å². The van der Waals surface area contributed by atoms with Crippen molar-refractivity contribution in [3.8, 4) is 23.6 Å². The minimum atomic E-state index is -0.840. The van der Waals surface area contributed by atoms with Gasteiger partial charge in [0.05, 0.1) is 18.7 Å². The number of carbonyl (C=O) groups is 1. The second-order valence-corrected chi connectivity index (χ2v) is 5.92. The number of anilines is 1. The topological polar surface area (TPSA) is 53.4 Å². The molecular formula is C17H18N2O2S. The molecule has 0 aliphatic carbocycles. The van der Waals surface area contributed by atoms with Gasteiger partial charge in [-0.25, -0.2) is 4.98 Å². The molecule has 0 spiro atoms. The Morgan fingerprint density at radius 3 is 2.82 bits per heavy atom. The van der Waals surface area contributed by atoms with E-state index in [1.54, 1.807) is 0 Å². The monoisotopic (exact) mass is 314 g/mol. The SMILES string of the molecule is C#CCN(CCC(=O)O)c1nc(-c2ccc(C)c(C)c2)cs1. The molecule has 2 aromatic rings. The quantitative estimate of drug-likeness (QED) is 0.831. The van der Waals surface area contributed by atoms with E-state index in [-0.39, 0.29) is 6.42 Å². The lowest BCUT2D eigenvalue weighted by atomic mass is 10.1. The smallest absolute Gasteiger partial charge is 0.305 e. The second-order valence-electron chi connectivity index (χ2n) is 5.08. The fourth-order valence-corrected chi connectivity index (χ4v) is 2.89. The van der Waals surface area contributed by atoms with Gasteiger partial charge in [-0.2, -0.15) is 0 Å². The van der Waals surface area contributed by atoms with Gasteiger partial charge in [0.25, 0.3) is 0 Å². The third kappa shape index (κ3) is 3.86. The van der Waals surface area contributed by atoms with Gasteiger partial charge < -0.3 is 10.0 Å². The highest BCUT2D eigenvalue weighted by atomic mass is 32.1. The molecule has 2 rings (SSSR count). The molecule has 22 heavy (non-hydrogen) atoms. The van der Waals surface area contributed by atoms with Crippen LogP contribution in [0.4, 0.5) is 5.13 Å². The summed E-state index contributed by atoms with van der Waals surface area (Å²) >= 11 is 1.48. The number of aromatic nitrogens is 1. The average molecular weight is 314 g/mol. The minimum Gasteiger partial charge on any atom is -0.481 e. The van der Waals surface area contributed by atoms with Crippen LogP contribution in [0.3, 0.4) is 0 Å². The molecule has 0 aliphatic rings. The van der Waals surface area contributed by atoms with Crippen LogP contribution in [0, 0.1) is 26.2 Å². The molecule has 0 saturated carbocycles. The molecule has 0 amide bonds. The van der Waals surface area contributed by atoms with Gasteiger partial charge in [0, 0.05) is 17.5 Å². The lowest BCUT2D eigenvalue weighted by Crippen LogP contribution is -2.26. The average Bonchev–Trinajstić information content (AvgIpc) is 2.96. The first-order valence-corrected chi connectivity index (χ1v) is 7.82. The normalized spacial score (nSPS) is 10.2. The summed E-state index contributed by atoms with van der Waals surface area (Å²) in [6, 6.07) is 6.23. The number of rotatable bonds is 6. The van der Waals surface area contributed by atoms with E-state index in [1.807, 2.05) is 16.3 Å². The number of aliphatic carboxylic acids is 1. The summed E-state index contributed by atoms with van der Waals surface area (Å²) in [4.78, 5) is 17.2. The molecular weight excluding hydrogens is 296 g/mol. The van der Waals surface area contributed by atoms with Crippen LogP contribution in [-0.4, -0.2) is 29.1 Å². The van der Waals surface area contributed by atoms with Crippen LogP contribution >= 0.6 is 11.3 Å². The van der Waals surface area contributed by atoms with Crippen molar-refractivity contribution in [1.29, 1.82) is 0 Å². The molecule has 0 saturated heterocycles. The number of nitrogens with zero attached hydrogens (tertiary/aromatic N) is 2. The molecule has 1 aromatic heterocycles. The first-order valence-electron chi connectivity index (χ1n) is 6.94. The zero-order chi connectivity index (χ0) is 16.1. The highest BCUT2D eigenvalue weighted by Gasteiger charge is 2.13. The van der Waals surface area contributed by atoms with E-state index in [0.717, 1.165) is 16.4 Å². The predicted molar refractivity (Wildman–Crippen MR) is 90.3 cm³/mol. The summed E-state index contributed by atoms with van der Waals surface area (Å²) in [7, 11) is 0. The molecule has 0 unspecified atom stereocenters. The van der Waals surface area contributed by atoms with E-state index >= 15 is 0 Å². The Kier molecular flexibility index (Phi) is 5.18. The fourth-order valence-electron chi connectivity index (χ4n) is 2.03. The van der Waals surface area contributed by atoms with E-state index in [0.29, 0.717) is 13.1 Å². The first-order chi connectivity index (χ1) is 10.5. The number of hydrogen-bond donors (Lipinski definition) is 1. The fraction of sp³-hybridized carbons (Fsp3) is 0.294. The molecule has 1 N–H and O–H groups in total. The van der Waals surface area contributed by atoms with Crippen molar-refractivity contribution in [3.63, 3.8) is 0 Å². The number of carboxylic acid groups (broad SMARTS) is 1. The third-order valence-corrected chi connectivity index (χ3v) is 4.34. The molecule has 0 radical (unpaired) electrons. The van der Waals surface area contributed by atoms with Gasteiger partial charge in [0.15, 0.2) is 5.13 Å². The molecule has 4 nitrogen and oxygen atoms in total. The lowest BCUT2D eigenvalue weighted by Gasteiger charge is -2.17. The molecule has 5 heteroatoms. The van der Waals surface area contributed by atoms with E-state index in [9.17, 15) is 4.79 Å². The highest BCUT2D eigenvalue weighted by molar-refractivity contribution is 7.14. The summed E-state index contributed by atoms with van der Waals surface area (Å²) in [5.74, 6) is 1.72. The van der Waals surface area contributed by atoms with Gasteiger partial charge in [-0.05, 0) is 31.0 Å². The van der Waals surface area contributed by atoms with E-state index in [2.05, 4.69) is 36.9 Å². The van der Waals surface area contributed by atoms with E-state index in [1.165, 1.54) is 22.5 Å². The number of terminal acetylenes is 1. The highest BCUT2D eigenvalue weighted by Crippen LogP contribution is 2.28. The molecule has 0 bridgehead atoms. The summed E-state index contributed by atoms with van der Waals surface area (Å²) in [5.41, 5.74) is 4.41. The van der Waals surface area contributed by atoms with Gasteiger partial charge in [-0.3, -0.25) is 4.79 Å². The van der Waals surface area contributed by atoms with Gasteiger partial charge in [0.1, 0.15) is 0 Å². The Morgan fingerprint density at radius 2 is 2.18 bits per heavy atom. The number of thiazole rings is 1. The van der Waals surface area contributed by atoms with Crippen molar-refractivity contribution in [2.45, 2.75) is 20.3 Å². The zero-order valence-electron chi connectivity index (χ0n) is 12.7. The van der Waals surface area contributed by atoms with E-state index < -0.39 is 5.97 Å². The minimum absolute atomic E-state index is 0.0419. The molecule has 0 fully saturated rings. The Hall–Kier alpha value is -2.32. The van der Waals surface area contributed by atoms with Crippen molar-refractivity contribution < 1.29 is 9.90 Å². The van der Waals surface area contributed by atoms with Crippen LogP contribution in [0.2, 0.25) is 0 Å². The van der Waals surface area contributed by atoms with Crippen LogP contribution in [0.25, 0.3) is 11.3 Å². The van der Waals surface area contributed by atoms with Gasteiger partial charge in [-0.15, -0.1) is 17.8 Å². The van der Waals surface area contributed by atoms with Crippen LogP contribution in [-0.2, 0) is 4.79 Å². The molecule has 1 heterocycles. The number of hydrogen-bond acceptors (Lipinski definition) is 4. The number of benzene rings is 1. The van der Waals surface area contributed by atoms with Crippen molar-refractivity contribution in [3.05, 3.63) is 34.7 Å². The Morgan fingerprint density at radius 1 is 1.41 bits per heavy atom. The van der Waals surface area contributed by atoms with Crippen LogP contribution in [0.15, 0.2) is 23.6 Å². The molecule has 1 aromatic carbocycles. The lowest BCUT2D eigenvalue weighted by molar-refractivity contribution is -0.136. The predicted octanol–water partition coefficient (Wildman–Crippen LogP) is 3.34. The third-order valence-electron chi connectivity index (χ3n) is 3.44. The zero-order valence-corrected chi connectivity index (χ0v) is 13.5. The first kappa shape index (κ1) is 16.1. The van der Waals surface area contributed by atoms with Gasteiger partial charge in [-0.1, -0.05) is 18.1 Å². The maximum Gasteiger partial charge on any atom is 0.305 e. The molecule has 0 atom stereocenters. The maximum atomic E-state index is 10.7.